The molecule has 1 heterocycles. The lowest BCUT2D eigenvalue weighted by molar-refractivity contribution is -0.151. The number of hydrogen-bond donors (Lipinski definition) is 0. The molecule has 0 bridgehead atoms. The van der Waals surface area contributed by atoms with Gasteiger partial charge in [-0.15, -0.1) is 0 Å². The first kappa shape index (κ1) is 8.89. The summed E-state index contributed by atoms with van der Waals surface area (Å²) in [5.41, 5.74) is 0. The lowest BCUT2D eigenvalue weighted by atomic mass is 9.99. The molecule has 0 amide bonds. The second-order valence-electron chi connectivity index (χ2n) is 2.58. The van der Waals surface area contributed by atoms with Crippen molar-refractivity contribution in [1.82, 2.24) is 0 Å². The van der Waals surface area contributed by atoms with Crippen molar-refractivity contribution in [2.75, 3.05) is 0 Å². The van der Waals surface area contributed by atoms with Crippen LogP contribution in [-0.2, 0) is 9.53 Å². The summed E-state index contributed by atoms with van der Waals surface area (Å²) in [6, 6.07) is -0.404. The average Bonchev–Trinajstić information content (AvgIpc) is 1.96. The van der Waals surface area contributed by atoms with Gasteiger partial charge in [-0.05, 0) is 22.6 Å². The highest BCUT2D eigenvalue weighted by Gasteiger charge is 2.34. The SMILES string of the molecule is C[C@@H]1[C@H](N=O)CC(=O)O[C@@H]1I. The minimum absolute atomic E-state index is 0.0331. The summed E-state index contributed by atoms with van der Waals surface area (Å²) in [5.74, 6) is -0.294. The molecule has 4 nitrogen and oxygen atoms in total. The maximum atomic E-state index is 10.8. The van der Waals surface area contributed by atoms with Crippen LogP contribution in [0.5, 0.6) is 0 Å². The van der Waals surface area contributed by atoms with Gasteiger partial charge < -0.3 is 4.74 Å². The van der Waals surface area contributed by atoms with Crippen molar-refractivity contribution in [3.05, 3.63) is 4.91 Å². The number of cyclic esters (lactones) is 1. The van der Waals surface area contributed by atoms with E-state index >= 15 is 0 Å². The summed E-state index contributed by atoms with van der Waals surface area (Å²) in [6.45, 7) is 1.86. The molecule has 0 unspecified atom stereocenters. The zero-order chi connectivity index (χ0) is 8.43. The van der Waals surface area contributed by atoms with Gasteiger partial charge in [-0.1, -0.05) is 12.1 Å². The number of esters is 1. The van der Waals surface area contributed by atoms with E-state index in [0.29, 0.717) is 0 Å². The summed E-state index contributed by atoms with van der Waals surface area (Å²) in [6.07, 6.45) is 0.129. The monoisotopic (exact) mass is 269 g/mol. The van der Waals surface area contributed by atoms with E-state index in [-0.39, 0.29) is 22.4 Å². The number of ether oxygens (including phenoxy) is 1. The van der Waals surface area contributed by atoms with Crippen molar-refractivity contribution < 1.29 is 9.53 Å². The van der Waals surface area contributed by atoms with Crippen molar-refractivity contribution >= 4 is 28.6 Å². The fourth-order valence-electron chi connectivity index (χ4n) is 0.946. The molecule has 3 atom stereocenters. The van der Waals surface area contributed by atoms with Crippen LogP contribution in [0, 0.1) is 10.8 Å². The van der Waals surface area contributed by atoms with Crippen molar-refractivity contribution in [3.63, 3.8) is 0 Å². The normalized spacial score (nSPS) is 38.0. The number of rotatable bonds is 1. The van der Waals surface area contributed by atoms with Gasteiger partial charge in [-0.2, -0.15) is 4.91 Å². The van der Waals surface area contributed by atoms with Crippen molar-refractivity contribution in [2.45, 2.75) is 23.5 Å². The summed E-state index contributed by atoms with van der Waals surface area (Å²) < 4.78 is 4.67. The number of nitrogens with zero attached hydrogens (tertiary/aromatic N) is 1. The van der Waals surface area contributed by atoms with Crippen LogP contribution in [0.4, 0.5) is 0 Å². The Bertz CT molecular complexity index is 185. The van der Waals surface area contributed by atoms with E-state index in [1.54, 1.807) is 0 Å². The molecule has 1 fully saturated rings. The third-order valence-corrected chi connectivity index (χ3v) is 3.16. The van der Waals surface area contributed by atoms with Crippen molar-refractivity contribution in [1.29, 1.82) is 0 Å². The summed E-state index contributed by atoms with van der Waals surface area (Å²) in [4.78, 5) is 21.0. The molecule has 0 aromatic rings. The molecule has 0 N–H and O–H groups in total. The highest BCUT2D eigenvalue weighted by molar-refractivity contribution is 14.1. The fourth-order valence-corrected chi connectivity index (χ4v) is 1.71. The third-order valence-electron chi connectivity index (χ3n) is 1.78. The predicted molar refractivity (Wildman–Crippen MR) is 47.3 cm³/mol. The molecule has 0 aromatic heterocycles. The van der Waals surface area contributed by atoms with Crippen LogP contribution in [0.15, 0.2) is 5.18 Å². The second kappa shape index (κ2) is 3.46. The van der Waals surface area contributed by atoms with Crippen LogP contribution >= 0.6 is 22.6 Å². The van der Waals surface area contributed by atoms with Gasteiger partial charge in [0.05, 0.1) is 6.42 Å². The molecular weight excluding hydrogens is 261 g/mol. The first-order chi connectivity index (χ1) is 5.15. The maximum Gasteiger partial charge on any atom is 0.309 e. The van der Waals surface area contributed by atoms with E-state index in [0.717, 1.165) is 0 Å². The van der Waals surface area contributed by atoms with Crippen LogP contribution in [0.1, 0.15) is 13.3 Å². The minimum Gasteiger partial charge on any atom is -0.451 e. The van der Waals surface area contributed by atoms with Gasteiger partial charge >= 0.3 is 5.97 Å². The topological polar surface area (TPSA) is 55.7 Å². The fraction of sp³-hybridized carbons (Fsp3) is 0.833. The quantitative estimate of drug-likeness (QED) is 0.313. The van der Waals surface area contributed by atoms with Gasteiger partial charge in [0.2, 0.25) is 0 Å². The van der Waals surface area contributed by atoms with Crippen LogP contribution in [0.3, 0.4) is 0 Å². The Morgan fingerprint density at radius 3 is 2.91 bits per heavy atom. The largest absolute Gasteiger partial charge is 0.451 e. The zero-order valence-corrected chi connectivity index (χ0v) is 8.15. The molecule has 0 aromatic carbocycles. The zero-order valence-electron chi connectivity index (χ0n) is 5.99. The highest BCUT2D eigenvalue weighted by atomic mass is 127. The molecule has 0 aliphatic carbocycles. The molecule has 5 heteroatoms. The maximum absolute atomic E-state index is 10.8. The number of halogens is 1. The van der Waals surface area contributed by atoms with Crippen LogP contribution in [0.25, 0.3) is 0 Å². The molecule has 0 radical (unpaired) electrons. The minimum atomic E-state index is -0.404. The van der Waals surface area contributed by atoms with Gasteiger partial charge in [-0.3, -0.25) is 4.79 Å². The Kier molecular flexibility index (Phi) is 2.80. The molecule has 11 heavy (non-hydrogen) atoms. The summed E-state index contributed by atoms with van der Waals surface area (Å²) in [5, 5.41) is 2.87. The van der Waals surface area contributed by atoms with Crippen molar-refractivity contribution in [3.8, 4) is 0 Å². The number of hydrogen-bond acceptors (Lipinski definition) is 4. The molecule has 1 saturated heterocycles. The lowest BCUT2D eigenvalue weighted by Crippen LogP contribution is -2.36. The van der Waals surface area contributed by atoms with Crippen molar-refractivity contribution in [2.24, 2.45) is 11.1 Å². The third kappa shape index (κ3) is 1.88. The van der Waals surface area contributed by atoms with E-state index in [9.17, 15) is 9.70 Å². The molecule has 1 aliphatic heterocycles. The van der Waals surface area contributed by atoms with Crippen LogP contribution in [0.2, 0.25) is 0 Å². The van der Waals surface area contributed by atoms with Gasteiger partial charge in [0.15, 0.2) is 4.11 Å². The van der Waals surface area contributed by atoms with E-state index in [1.165, 1.54) is 0 Å². The Hall–Kier alpha value is -0.200. The number of nitroso groups, excluding NO2 is 1. The number of carbonyl (C=O) groups excluding carboxylic acids is 1. The van der Waals surface area contributed by atoms with E-state index in [1.807, 2.05) is 29.5 Å². The predicted octanol–water partition coefficient (Wildman–Crippen LogP) is 1.47. The van der Waals surface area contributed by atoms with E-state index < -0.39 is 6.04 Å². The van der Waals surface area contributed by atoms with E-state index in [4.69, 9.17) is 4.74 Å². The molecular formula is C6H8INO3. The molecule has 0 spiro atoms. The number of alkyl halides is 1. The Labute approximate surface area is 77.8 Å². The molecule has 1 aliphatic rings. The second-order valence-corrected chi connectivity index (χ2v) is 3.80. The standard InChI is InChI=1S/C6H8INO3/c1-3-4(8-10)2-5(9)11-6(3)7/h3-4,6H,2H2,1H3/t3-,4-,6+/m1/s1. The van der Waals surface area contributed by atoms with E-state index in [2.05, 4.69) is 5.18 Å². The summed E-state index contributed by atoms with van der Waals surface area (Å²) in [7, 11) is 0. The first-order valence-electron chi connectivity index (χ1n) is 3.31. The van der Waals surface area contributed by atoms with Gasteiger partial charge in [0.25, 0.3) is 0 Å². The molecule has 0 saturated carbocycles. The van der Waals surface area contributed by atoms with Crippen LogP contribution in [-0.4, -0.2) is 16.1 Å². The highest BCUT2D eigenvalue weighted by Crippen LogP contribution is 2.27. The van der Waals surface area contributed by atoms with Gasteiger partial charge in [0.1, 0.15) is 6.04 Å². The Balaban J connectivity index is 2.65. The van der Waals surface area contributed by atoms with Gasteiger partial charge in [0, 0.05) is 5.92 Å². The Morgan fingerprint density at radius 1 is 1.73 bits per heavy atom. The van der Waals surface area contributed by atoms with Gasteiger partial charge in [-0.25, -0.2) is 0 Å². The first-order valence-corrected chi connectivity index (χ1v) is 4.55. The Morgan fingerprint density at radius 2 is 2.36 bits per heavy atom. The number of carbonyl (C=O) groups is 1. The molecule has 1 rings (SSSR count). The smallest absolute Gasteiger partial charge is 0.309 e. The van der Waals surface area contributed by atoms with Crippen LogP contribution < -0.4 is 0 Å². The molecule has 62 valence electrons. The lowest BCUT2D eigenvalue weighted by Gasteiger charge is -2.27. The average molecular weight is 269 g/mol. The summed E-state index contributed by atoms with van der Waals surface area (Å²) >= 11 is 1.99.